The van der Waals surface area contributed by atoms with Crippen molar-refractivity contribution >= 4 is 5.91 Å². The summed E-state index contributed by atoms with van der Waals surface area (Å²) in [5.41, 5.74) is 1.99. The largest absolute Gasteiger partial charge is 0.343 e. The summed E-state index contributed by atoms with van der Waals surface area (Å²) < 4.78 is 1.16. The molecule has 0 unspecified atom stereocenters. The zero-order valence-electron chi connectivity index (χ0n) is 13.8. The smallest absolute Gasteiger partial charge is 0.328 e. The zero-order chi connectivity index (χ0) is 16.8. The number of hydrogen-bond donors (Lipinski definition) is 2. The molecule has 7 heteroatoms. The molecule has 24 heavy (non-hydrogen) atoms. The lowest BCUT2D eigenvalue weighted by atomic mass is 9.87. The minimum atomic E-state index is -0.369. The normalized spacial score (nSPS) is 25.9. The van der Waals surface area contributed by atoms with Crippen LogP contribution in [0.25, 0.3) is 0 Å². The quantitative estimate of drug-likeness (QED) is 0.839. The third-order valence-corrected chi connectivity index (χ3v) is 5.30. The Morgan fingerprint density at radius 1 is 1.29 bits per heavy atom. The molecular weight excluding hydrogens is 306 g/mol. The Morgan fingerprint density at radius 3 is 2.79 bits per heavy atom. The Hall–Kier alpha value is -2.41. The molecule has 3 atom stereocenters. The molecule has 2 saturated heterocycles. The van der Waals surface area contributed by atoms with E-state index in [4.69, 9.17) is 0 Å². The van der Waals surface area contributed by atoms with Crippen LogP contribution in [0.2, 0.25) is 0 Å². The van der Waals surface area contributed by atoms with Gasteiger partial charge in [-0.15, -0.1) is 5.10 Å². The van der Waals surface area contributed by atoms with Crippen molar-refractivity contribution in [2.45, 2.75) is 13.0 Å². The van der Waals surface area contributed by atoms with E-state index in [9.17, 15) is 9.59 Å². The van der Waals surface area contributed by atoms with E-state index in [2.05, 4.69) is 34.5 Å². The minimum absolute atomic E-state index is 0.0178. The van der Waals surface area contributed by atoms with Crippen molar-refractivity contribution in [3.05, 3.63) is 51.7 Å². The van der Waals surface area contributed by atoms with Gasteiger partial charge in [-0.2, -0.15) is 0 Å². The Labute approximate surface area is 139 Å². The SMILES string of the molecule is Cc1ccccc1[C@H]1[C@H]2CNC[C@H]2CN1C(=O)c1nn(C)c(=O)[nH]1. The van der Waals surface area contributed by atoms with Gasteiger partial charge in [0.25, 0.3) is 5.91 Å². The summed E-state index contributed by atoms with van der Waals surface area (Å²) in [7, 11) is 1.54. The van der Waals surface area contributed by atoms with Crippen LogP contribution in [0.1, 0.15) is 27.8 Å². The maximum Gasteiger partial charge on any atom is 0.343 e. The molecule has 7 nitrogen and oxygen atoms in total. The van der Waals surface area contributed by atoms with Gasteiger partial charge in [-0.05, 0) is 24.0 Å². The van der Waals surface area contributed by atoms with Crippen molar-refractivity contribution in [3.8, 4) is 0 Å². The highest BCUT2D eigenvalue weighted by atomic mass is 16.2. The maximum atomic E-state index is 13.0. The fourth-order valence-corrected chi connectivity index (χ4v) is 4.08. The van der Waals surface area contributed by atoms with Gasteiger partial charge in [0.2, 0.25) is 5.82 Å². The predicted molar refractivity (Wildman–Crippen MR) is 88.6 cm³/mol. The van der Waals surface area contributed by atoms with Crippen LogP contribution in [0.5, 0.6) is 0 Å². The van der Waals surface area contributed by atoms with Crippen molar-refractivity contribution in [1.82, 2.24) is 25.0 Å². The molecule has 0 saturated carbocycles. The molecule has 1 aromatic carbocycles. The third kappa shape index (κ3) is 2.27. The van der Waals surface area contributed by atoms with Gasteiger partial charge >= 0.3 is 5.69 Å². The number of H-pyrrole nitrogens is 1. The van der Waals surface area contributed by atoms with E-state index < -0.39 is 0 Å². The molecule has 1 aromatic heterocycles. The zero-order valence-corrected chi connectivity index (χ0v) is 13.8. The molecule has 2 aliphatic rings. The summed E-state index contributed by atoms with van der Waals surface area (Å²) >= 11 is 0. The number of carbonyl (C=O) groups excluding carboxylic acids is 1. The summed E-state index contributed by atoms with van der Waals surface area (Å²) in [5.74, 6) is 0.754. The third-order valence-electron chi connectivity index (χ3n) is 5.30. The van der Waals surface area contributed by atoms with Crippen LogP contribution in [-0.4, -0.2) is 45.2 Å². The first-order chi connectivity index (χ1) is 11.6. The van der Waals surface area contributed by atoms with Gasteiger partial charge in [0.1, 0.15) is 0 Å². The minimum Gasteiger partial charge on any atom is -0.328 e. The number of amides is 1. The van der Waals surface area contributed by atoms with Crippen molar-refractivity contribution in [2.24, 2.45) is 18.9 Å². The van der Waals surface area contributed by atoms with Crippen molar-refractivity contribution in [3.63, 3.8) is 0 Å². The Bertz CT molecular complexity index is 840. The monoisotopic (exact) mass is 327 g/mol. The first-order valence-electron chi connectivity index (χ1n) is 8.27. The molecule has 4 rings (SSSR count). The molecule has 0 bridgehead atoms. The summed E-state index contributed by atoms with van der Waals surface area (Å²) in [4.78, 5) is 29.1. The number of aryl methyl sites for hydroxylation is 2. The molecule has 2 aromatic rings. The highest BCUT2D eigenvalue weighted by molar-refractivity contribution is 5.91. The van der Waals surface area contributed by atoms with Crippen LogP contribution in [0.4, 0.5) is 0 Å². The number of hydrogen-bond acceptors (Lipinski definition) is 4. The van der Waals surface area contributed by atoms with E-state index in [-0.39, 0.29) is 23.5 Å². The maximum absolute atomic E-state index is 13.0. The molecule has 0 radical (unpaired) electrons. The van der Waals surface area contributed by atoms with Crippen LogP contribution >= 0.6 is 0 Å². The second-order valence-electron chi connectivity index (χ2n) is 6.74. The van der Waals surface area contributed by atoms with Gasteiger partial charge in [0, 0.05) is 32.6 Å². The second-order valence-corrected chi connectivity index (χ2v) is 6.74. The molecule has 0 aliphatic carbocycles. The second kappa shape index (κ2) is 5.59. The van der Waals surface area contributed by atoms with E-state index in [0.717, 1.165) is 17.8 Å². The highest BCUT2D eigenvalue weighted by Gasteiger charge is 2.47. The van der Waals surface area contributed by atoms with Crippen LogP contribution in [0.3, 0.4) is 0 Å². The van der Waals surface area contributed by atoms with E-state index in [1.54, 1.807) is 0 Å². The van der Waals surface area contributed by atoms with Crippen LogP contribution in [-0.2, 0) is 7.05 Å². The van der Waals surface area contributed by atoms with E-state index in [0.29, 0.717) is 18.4 Å². The van der Waals surface area contributed by atoms with Crippen LogP contribution in [0, 0.1) is 18.8 Å². The van der Waals surface area contributed by atoms with Gasteiger partial charge in [0.05, 0.1) is 6.04 Å². The molecule has 2 aliphatic heterocycles. The van der Waals surface area contributed by atoms with Crippen LogP contribution < -0.4 is 11.0 Å². The number of fused-ring (bicyclic) bond motifs is 1. The fraction of sp³-hybridized carbons (Fsp3) is 0.471. The number of benzene rings is 1. The fourth-order valence-electron chi connectivity index (χ4n) is 4.08. The van der Waals surface area contributed by atoms with E-state index >= 15 is 0 Å². The predicted octanol–water partition coefficient (Wildman–Crippen LogP) is 0.450. The van der Waals surface area contributed by atoms with Gasteiger partial charge < -0.3 is 10.2 Å². The van der Waals surface area contributed by atoms with Crippen molar-refractivity contribution in [2.75, 3.05) is 19.6 Å². The van der Waals surface area contributed by atoms with Crippen molar-refractivity contribution in [1.29, 1.82) is 0 Å². The molecule has 3 heterocycles. The number of likely N-dealkylation sites (tertiary alicyclic amines) is 1. The molecule has 1 amide bonds. The number of aromatic amines is 1. The number of aromatic nitrogens is 3. The number of nitrogens with one attached hydrogen (secondary N) is 2. The Kier molecular flexibility index (Phi) is 3.53. The molecule has 2 fully saturated rings. The van der Waals surface area contributed by atoms with E-state index in [1.165, 1.54) is 18.2 Å². The number of rotatable bonds is 2. The lowest BCUT2D eigenvalue weighted by molar-refractivity contribution is 0.0701. The standard InChI is InChI=1S/C17H21N5O2/c1-10-5-3-4-6-12(10)14-13-8-18-7-11(13)9-22(14)16(23)15-19-17(24)21(2)20-15/h3-6,11,13-14,18H,7-9H2,1-2H3,(H,19,20,24)/t11-,13-,14-/m0/s1. The molecule has 0 spiro atoms. The van der Waals surface area contributed by atoms with E-state index in [1.807, 2.05) is 17.0 Å². The van der Waals surface area contributed by atoms with Gasteiger partial charge in [-0.25, -0.2) is 9.48 Å². The Balaban J connectivity index is 1.74. The van der Waals surface area contributed by atoms with Crippen LogP contribution in [0.15, 0.2) is 29.1 Å². The topological polar surface area (TPSA) is 83.0 Å². The van der Waals surface area contributed by atoms with Gasteiger partial charge in [0.15, 0.2) is 0 Å². The van der Waals surface area contributed by atoms with Crippen molar-refractivity contribution < 1.29 is 4.79 Å². The Morgan fingerprint density at radius 2 is 2.08 bits per heavy atom. The molecule has 126 valence electrons. The molecule has 2 N–H and O–H groups in total. The van der Waals surface area contributed by atoms with Gasteiger partial charge in [-0.1, -0.05) is 24.3 Å². The first kappa shape index (κ1) is 15.1. The molecular formula is C17H21N5O2. The van der Waals surface area contributed by atoms with Gasteiger partial charge in [-0.3, -0.25) is 9.78 Å². The highest BCUT2D eigenvalue weighted by Crippen LogP contribution is 2.43. The summed E-state index contributed by atoms with van der Waals surface area (Å²) in [5, 5.41) is 7.48. The first-order valence-corrected chi connectivity index (χ1v) is 8.27. The lowest BCUT2D eigenvalue weighted by Gasteiger charge is -2.28. The summed E-state index contributed by atoms with van der Waals surface area (Å²) in [6.07, 6.45) is 0. The number of carbonyl (C=O) groups is 1. The summed E-state index contributed by atoms with van der Waals surface area (Å²) in [6, 6.07) is 8.23. The summed E-state index contributed by atoms with van der Waals surface area (Å²) in [6.45, 7) is 4.60. The lowest BCUT2D eigenvalue weighted by Crippen LogP contribution is -2.35. The average Bonchev–Trinajstić information content (AvgIpc) is 3.23. The number of nitrogens with zero attached hydrogens (tertiary/aromatic N) is 3. The average molecular weight is 327 g/mol.